The lowest BCUT2D eigenvalue weighted by Gasteiger charge is -2.30. The summed E-state index contributed by atoms with van der Waals surface area (Å²) >= 11 is 0. The third-order valence-electron chi connectivity index (χ3n) is 8.95. The molecule has 0 amide bonds. The Balaban J connectivity index is 1.24. The number of aryl methyl sites for hydroxylation is 1. The Kier molecular flexibility index (Phi) is 14.0. The first-order valence-electron chi connectivity index (χ1n) is 15.7. The Morgan fingerprint density at radius 1 is 0.657 bits per heavy atom. The molecule has 1 aromatic carbocycles. The van der Waals surface area contributed by atoms with E-state index in [1.165, 1.54) is 134 Å². The fourth-order valence-corrected chi connectivity index (χ4v) is 6.35. The van der Waals surface area contributed by atoms with E-state index in [0.717, 1.165) is 30.1 Å². The van der Waals surface area contributed by atoms with Crippen LogP contribution in [0.4, 0.5) is 0 Å². The van der Waals surface area contributed by atoms with Crippen molar-refractivity contribution in [2.45, 2.75) is 142 Å². The van der Waals surface area contributed by atoms with E-state index in [9.17, 15) is 0 Å². The molecular formula is C34H56O. The molecule has 0 aromatic heterocycles. The second-order valence-electron chi connectivity index (χ2n) is 11.9. The van der Waals surface area contributed by atoms with Crippen LogP contribution in [0.3, 0.4) is 0 Å². The molecule has 3 rings (SSSR count). The Morgan fingerprint density at radius 2 is 1.31 bits per heavy atom. The number of rotatable bonds is 17. The number of ether oxygens (including phenoxy) is 1. The summed E-state index contributed by atoms with van der Waals surface area (Å²) in [7, 11) is 0. The minimum atomic E-state index is 0.855. The van der Waals surface area contributed by atoms with Crippen molar-refractivity contribution in [3.05, 3.63) is 41.5 Å². The lowest BCUT2D eigenvalue weighted by molar-refractivity contribution is 0.234. The van der Waals surface area contributed by atoms with Gasteiger partial charge < -0.3 is 4.74 Å². The SMILES string of the molecule is CCCCCCOc1ccc(CCC2=CCC(CCC3CCC(CCCCCC)CC3)CC2)cc1. The number of unbranched alkanes of at least 4 members (excludes halogenated alkanes) is 6. The Hall–Kier alpha value is -1.24. The maximum Gasteiger partial charge on any atom is 0.119 e. The maximum atomic E-state index is 5.90. The van der Waals surface area contributed by atoms with Gasteiger partial charge in [0.15, 0.2) is 0 Å². The summed E-state index contributed by atoms with van der Waals surface area (Å²) in [6.45, 7) is 5.43. The van der Waals surface area contributed by atoms with Gasteiger partial charge in [-0.1, -0.05) is 121 Å². The van der Waals surface area contributed by atoms with E-state index in [1.807, 2.05) is 0 Å². The maximum absolute atomic E-state index is 5.90. The molecule has 1 nitrogen and oxygen atoms in total. The summed E-state index contributed by atoms with van der Waals surface area (Å²) in [5.41, 5.74) is 3.16. The van der Waals surface area contributed by atoms with Gasteiger partial charge in [0.2, 0.25) is 0 Å². The van der Waals surface area contributed by atoms with E-state index in [2.05, 4.69) is 44.2 Å². The van der Waals surface area contributed by atoms with Crippen LogP contribution in [0.1, 0.15) is 141 Å². The van der Waals surface area contributed by atoms with Gasteiger partial charge in [-0.3, -0.25) is 0 Å². The Bertz CT molecular complexity index is 679. The Morgan fingerprint density at radius 3 is 1.97 bits per heavy atom. The van der Waals surface area contributed by atoms with Crippen molar-refractivity contribution in [3.8, 4) is 5.75 Å². The largest absolute Gasteiger partial charge is 0.494 e. The van der Waals surface area contributed by atoms with Gasteiger partial charge in [0.25, 0.3) is 0 Å². The molecule has 1 saturated carbocycles. The van der Waals surface area contributed by atoms with Crippen LogP contribution in [0.2, 0.25) is 0 Å². The monoisotopic (exact) mass is 480 g/mol. The van der Waals surface area contributed by atoms with E-state index < -0.39 is 0 Å². The summed E-state index contributed by atoms with van der Waals surface area (Å²) in [4.78, 5) is 0. The highest BCUT2D eigenvalue weighted by Gasteiger charge is 2.22. The predicted octanol–water partition coefficient (Wildman–Crippen LogP) is 10.9. The first kappa shape index (κ1) is 28.3. The molecule has 1 fully saturated rings. The van der Waals surface area contributed by atoms with Crippen LogP contribution in [-0.4, -0.2) is 6.61 Å². The average Bonchev–Trinajstić information content (AvgIpc) is 2.90. The Labute approximate surface area is 218 Å². The minimum absolute atomic E-state index is 0.855. The summed E-state index contributed by atoms with van der Waals surface area (Å²) in [5.74, 6) is 4.09. The molecule has 1 atom stereocenters. The lowest BCUT2D eigenvalue weighted by atomic mass is 9.76. The van der Waals surface area contributed by atoms with Gasteiger partial charge in [0.05, 0.1) is 6.61 Å². The van der Waals surface area contributed by atoms with Gasteiger partial charge >= 0.3 is 0 Å². The summed E-state index contributed by atoms with van der Waals surface area (Å²) in [5, 5.41) is 0. The first-order chi connectivity index (χ1) is 17.3. The van der Waals surface area contributed by atoms with Crippen molar-refractivity contribution in [1.82, 2.24) is 0 Å². The summed E-state index contributed by atoms with van der Waals surface area (Å²) in [6, 6.07) is 8.88. The van der Waals surface area contributed by atoms with Gasteiger partial charge in [-0.25, -0.2) is 0 Å². The molecule has 0 N–H and O–H groups in total. The van der Waals surface area contributed by atoms with Crippen LogP contribution >= 0.6 is 0 Å². The molecule has 0 radical (unpaired) electrons. The molecule has 2 aliphatic rings. The number of hydrogen-bond acceptors (Lipinski definition) is 1. The van der Waals surface area contributed by atoms with E-state index in [-0.39, 0.29) is 0 Å². The highest BCUT2D eigenvalue weighted by atomic mass is 16.5. The quantitative estimate of drug-likeness (QED) is 0.159. The summed E-state index contributed by atoms with van der Waals surface area (Å²) < 4.78 is 5.90. The van der Waals surface area contributed by atoms with Crippen LogP contribution in [0.25, 0.3) is 0 Å². The van der Waals surface area contributed by atoms with Crippen LogP contribution in [0.5, 0.6) is 5.75 Å². The zero-order valence-corrected chi connectivity index (χ0v) is 23.4. The minimum Gasteiger partial charge on any atom is -0.494 e. The van der Waals surface area contributed by atoms with Crippen molar-refractivity contribution >= 4 is 0 Å². The molecule has 0 saturated heterocycles. The van der Waals surface area contributed by atoms with Crippen molar-refractivity contribution in [1.29, 1.82) is 0 Å². The molecular weight excluding hydrogens is 424 g/mol. The molecule has 0 aliphatic heterocycles. The highest BCUT2D eigenvalue weighted by Crippen LogP contribution is 2.37. The highest BCUT2D eigenvalue weighted by molar-refractivity contribution is 5.28. The van der Waals surface area contributed by atoms with E-state index >= 15 is 0 Å². The second kappa shape index (κ2) is 17.3. The van der Waals surface area contributed by atoms with Crippen LogP contribution in [0.15, 0.2) is 35.9 Å². The van der Waals surface area contributed by atoms with Crippen molar-refractivity contribution < 1.29 is 4.74 Å². The third-order valence-corrected chi connectivity index (χ3v) is 8.95. The standard InChI is InChI=1S/C34H56O/c1-3-5-7-9-11-29-12-14-30(15-13-29)16-17-31-18-20-32(21-19-31)22-23-33-24-26-34(27-25-33)35-28-10-8-6-4-2/h20,24-27,29-31H,3-19,21-23,28H2,1-2H3. The van der Waals surface area contributed by atoms with E-state index in [4.69, 9.17) is 4.74 Å². The third kappa shape index (κ3) is 11.6. The van der Waals surface area contributed by atoms with Gasteiger partial charge in [-0.2, -0.15) is 0 Å². The van der Waals surface area contributed by atoms with E-state index in [1.54, 1.807) is 5.57 Å². The predicted molar refractivity (Wildman–Crippen MR) is 153 cm³/mol. The summed E-state index contributed by atoms with van der Waals surface area (Å²) in [6.07, 6.45) is 30.6. The fourth-order valence-electron chi connectivity index (χ4n) is 6.35. The molecule has 0 heterocycles. The van der Waals surface area contributed by atoms with Gasteiger partial charge in [0, 0.05) is 0 Å². The molecule has 35 heavy (non-hydrogen) atoms. The molecule has 2 aliphatic carbocycles. The molecule has 0 spiro atoms. The van der Waals surface area contributed by atoms with Gasteiger partial charge in [-0.15, -0.1) is 0 Å². The number of allylic oxidation sites excluding steroid dienone is 2. The zero-order valence-electron chi connectivity index (χ0n) is 23.4. The smallest absolute Gasteiger partial charge is 0.119 e. The van der Waals surface area contributed by atoms with Crippen LogP contribution in [-0.2, 0) is 6.42 Å². The van der Waals surface area contributed by atoms with Crippen molar-refractivity contribution in [3.63, 3.8) is 0 Å². The molecule has 1 heteroatoms. The van der Waals surface area contributed by atoms with Gasteiger partial charge in [-0.05, 0) is 80.4 Å². The fraction of sp³-hybridized carbons (Fsp3) is 0.765. The topological polar surface area (TPSA) is 9.23 Å². The molecule has 0 bridgehead atoms. The second-order valence-corrected chi connectivity index (χ2v) is 11.9. The lowest BCUT2D eigenvalue weighted by Crippen LogP contribution is -2.16. The van der Waals surface area contributed by atoms with Gasteiger partial charge in [0.1, 0.15) is 5.75 Å². The van der Waals surface area contributed by atoms with Crippen molar-refractivity contribution in [2.24, 2.45) is 17.8 Å². The number of hydrogen-bond donors (Lipinski definition) is 0. The first-order valence-corrected chi connectivity index (χ1v) is 15.7. The zero-order chi connectivity index (χ0) is 24.6. The normalized spacial score (nSPS) is 22.7. The average molecular weight is 481 g/mol. The molecule has 1 aromatic rings. The number of benzene rings is 1. The molecule has 198 valence electrons. The van der Waals surface area contributed by atoms with E-state index in [0.29, 0.717) is 0 Å². The molecule has 1 unspecified atom stereocenters. The van der Waals surface area contributed by atoms with Crippen molar-refractivity contribution in [2.75, 3.05) is 6.61 Å². The van der Waals surface area contributed by atoms with Crippen LogP contribution in [0, 0.1) is 17.8 Å². The van der Waals surface area contributed by atoms with Crippen LogP contribution < -0.4 is 4.74 Å².